The predicted molar refractivity (Wildman–Crippen MR) is 72.2 cm³/mol. The van der Waals surface area contributed by atoms with Crippen LogP contribution in [0.25, 0.3) is 0 Å². The Balaban J connectivity index is 2.02. The molecular weight excluding hydrogens is 252 g/mol. The molecule has 6 heteroatoms. The minimum atomic E-state index is 0.222. The summed E-state index contributed by atoms with van der Waals surface area (Å²) >= 11 is 6.01. The van der Waals surface area contributed by atoms with Crippen molar-refractivity contribution in [2.75, 3.05) is 44.2 Å². The van der Waals surface area contributed by atoms with E-state index < -0.39 is 0 Å². The number of aliphatic hydroxyl groups is 1. The highest BCUT2D eigenvalue weighted by molar-refractivity contribution is 6.29. The molecule has 0 radical (unpaired) electrons. The van der Waals surface area contributed by atoms with Gasteiger partial charge in [-0.25, -0.2) is 9.97 Å². The molecule has 0 saturated carbocycles. The normalized spacial score (nSPS) is 17.2. The molecule has 1 N–H and O–H groups in total. The monoisotopic (exact) mass is 270 g/mol. The second kappa shape index (κ2) is 6.31. The Morgan fingerprint density at radius 3 is 2.61 bits per heavy atom. The molecule has 0 bridgehead atoms. The third kappa shape index (κ3) is 3.31. The summed E-state index contributed by atoms with van der Waals surface area (Å²) in [5, 5.41) is 9.42. The molecule has 5 nitrogen and oxygen atoms in total. The van der Waals surface area contributed by atoms with E-state index in [1.54, 1.807) is 0 Å². The van der Waals surface area contributed by atoms with Gasteiger partial charge in [0.1, 0.15) is 16.8 Å². The standard InChI is InChI=1S/C12H19ClN4O/c1-2-11-14-10(13)9-12(15-11)17-5-3-16(4-6-17)7-8-18/h9,18H,2-8H2,1H3. The van der Waals surface area contributed by atoms with Crippen molar-refractivity contribution in [3.63, 3.8) is 0 Å². The van der Waals surface area contributed by atoms with Gasteiger partial charge in [0.25, 0.3) is 0 Å². The van der Waals surface area contributed by atoms with Crippen LogP contribution in [-0.2, 0) is 6.42 Å². The van der Waals surface area contributed by atoms with Crippen LogP contribution in [0.15, 0.2) is 6.07 Å². The first-order chi connectivity index (χ1) is 8.72. The summed E-state index contributed by atoms with van der Waals surface area (Å²) in [6.45, 7) is 6.72. The van der Waals surface area contributed by atoms with Gasteiger partial charge in [0.2, 0.25) is 0 Å². The lowest BCUT2D eigenvalue weighted by Gasteiger charge is -2.35. The average Bonchev–Trinajstić information content (AvgIpc) is 2.39. The molecule has 0 spiro atoms. The minimum absolute atomic E-state index is 0.222. The molecular formula is C12H19ClN4O. The molecule has 1 fully saturated rings. The first kappa shape index (κ1) is 13.5. The second-order valence-electron chi connectivity index (χ2n) is 4.37. The number of β-amino-alcohol motifs (C(OH)–C–C–N with tert-alkyl or cyclic N) is 1. The van der Waals surface area contributed by atoms with Gasteiger partial charge in [0.15, 0.2) is 0 Å². The number of aromatic nitrogens is 2. The van der Waals surface area contributed by atoms with E-state index in [0.29, 0.717) is 5.15 Å². The van der Waals surface area contributed by atoms with Crippen molar-refractivity contribution in [2.24, 2.45) is 0 Å². The Labute approximate surface area is 112 Å². The number of aliphatic hydroxyl groups excluding tert-OH is 1. The first-order valence-corrected chi connectivity index (χ1v) is 6.72. The van der Waals surface area contributed by atoms with Crippen LogP contribution in [0.2, 0.25) is 5.15 Å². The maximum absolute atomic E-state index is 8.91. The summed E-state index contributed by atoms with van der Waals surface area (Å²) < 4.78 is 0. The van der Waals surface area contributed by atoms with Gasteiger partial charge in [0.05, 0.1) is 6.61 Å². The van der Waals surface area contributed by atoms with E-state index in [1.807, 2.05) is 13.0 Å². The van der Waals surface area contributed by atoms with Crippen molar-refractivity contribution >= 4 is 17.4 Å². The van der Waals surface area contributed by atoms with Gasteiger partial charge < -0.3 is 10.0 Å². The minimum Gasteiger partial charge on any atom is -0.395 e. The van der Waals surface area contributed by atoms with Gasteiger partial charge in [-0.05, 0) is 0 Å². The number of anilines is 1. The number of rotatable bonds is 4. The molecule has 2 heterocycles. The van der Waals surface area contributed by atoms with E-state index in [9.17, 15) is 0 Å². The number of hydrogen-bond donors (Lipinski definition) is 1. The van der Waals surface area contributed by atoms with Crippen LogP contribution in [0.4, 0.5) is 5.82 Å². The molecule has 18 heavy (non-hydrogen) atoms. The zero-order valence-electron chi connectivity index (χ0n) is 10.6. The molecule has 0 atom stereocenters. The fourth-order valence-corrected chi connectivity index (χ4v) is 2.31. The van der Waals surface area contributed by atoms with E-state index in [4.69, 9.17) is 16.7 Å². The SMILES string of the molecule is CCc1nc(Cl)cc(N2CCN(CCO)CC2)n1. The average molecular weight is 271 g/mol. The third-order valence-corrected chi connectivity index (χ3v) is 3.35. The summed E-state index contributed by atoms with van der Waals surface area (Å²) in [6.07, 6.45) is 0.790. The Hall–Kier alpha value is -0.910. The van der Waals surface area contributed by atoms with Gasteiger partial charge in [-0.2, -0.15) is 0 Å². The van der Waals surface area contributed by atoms with Crippen molar-refractivity contribution in [2.45, 2.75) is 13.3 Å². The highest BCUT2D eigenvalue weighted by Gasteiger charge is 2.18. The molecule has 1 saturated heterocycles. The Morgan fingerprint density at radius 2 is 2.00 bits per heavy atom. The van der Waals surface area contributed by atoms with Gasteiger partial charge in [-0.15, -0.1) is 0 Å². The molecule has 1 aliphatic heterocycles. The number of hydrogen-bond acceptors (Lipinski definition) is 5. The lowest BCUT2D eigenvalue weighted by atomic mass is 10.3. The quantitative estimate of drug-likeness (QED) is 0.821. The highest BCUT2D eigenvalue weighted by atomic mass is 35.5. The Morgan fingerprint density at radius 1 is 1.28 bits per heavy atom. The van der Waals surface area contributed by atoms with E-state index in [-0.39, 0.29) is 6.61 Å². The number of piperazine rings is 1. The molecule has 1 aliphatic rings. The maximum atomic E-state index is 8.91. The van der Waals surface area contributed by atoms with Crippen molar-refractivity contribution in [3.8, 4) is 0 Å². The lowest BCUT2D eigenvalue weighted by Crippen LogP contribution is -2.47. The molecule has 0 unspecified atom stereocenters. The summed E-state index contributed by atoms with van der Waals surface area (Å²) in [5.41, 5.74) is 0. The van der Waals surface area contributed by atoms with Crippen LogP contribution >= 0.6 is 11.6 Å². The van der Waals surface area contributed by atoms with E-state index >= 15 is 0 Å². The lowest BCUT2D eigenvalue weighted by molar-refractivity contribution is 0.188. The molecule has 0 amide bonds. The highest BCUT2D eigenvalue weighted by Crippen LogP contribution is 2.18. The molecule has 1 aromatic rings. The van der Waals surface area contributed by atoms with Gasteiger partial charge in [-0.1, -0.05) is 18.5 Å². The third-order valence-electron chi connectivity index (χ3n) is 3.16. The topological polar surface area (TPSA) is 52.5 Å². The van der Waals surface area contributed by atoms with E-state index in [0.717, 1.165) is 50.8 Å². The van der Waals surface area contributed by atoms with Crippen LogP contribution in [0.1, 0.15) is 12.7 Å². The van der Waals surface area contributed by atoms with Crippen LogP contribution in [0.3, 0.4) is 0 Å². The molecule has 0 aromatic carbocycles. The number of halogens is 1. The fraction of sp³-hybridized carbons (Fsp3) is 0.667. The van der Waals surface area contributed by atoms with Crippen LogP contribution < -0.4 is 4.90 Å². The number of nitrogens with zero attached hydrogens (tertiary/aromatic N) is 4. The van der Waals surface area contributed by atoms with Gasteiger partial charge >= 0.3 is 0 Å². The van der Waals surface area contributed by atoms with Crippen molar-refractivity contribution in [3.05, 3.63) is 17.0 Å². The predicted octanol–water partition coefficient (Wildman–Crippen LogP) is 0.807. The van der Waals surface area contributed by atoms with Gasteiger partial charge in [-0.3, -0.25) is 4.90 Å². The Kier molecular flexibility index (Phi) is 4.74. The smallest absolute Gasteiger partial charge is 0.134 e. The maximum Gasteiger partial charge on any atom is 0.134 e. The largest absolute Gasteiger partial charge is 0.395 e. The van der Waals surface area contributed by atoms with Crippen molar-refractivity contribution in [1.29, 1.82) is 0 Å². The summed E-state index contributed by atoms with van der Waals surface area (Å²) in [7, 11) is 0. The molecule has 100 valence electrons. The Bertz CT molecular complexity index is 394. The van der Waals surface area contributed by atoms with E-state index in [1.165, 1.54) is 0 Å². The molecule has 2 rings (SSSR count). The van der Waals surface area contributed by atoms with Crippen molar-refractivity contribution in [1.82, 2.24) is 14.9 Å². The summed E-state index contributed by atoms with van der Waals surface area (Å²) in [6, 6.07) is 1.82. The molecule has 1 aromatic heterocycles. The zero-order chi connectivity index (χ0) is 13.0. The van der Waals surface area contributed by atoms with Gasteiger partial charge in [0, 0.05) is 45.2 Å². The zero-order valence-corrected chi connectivity index (χ0v) is 11.4. The van der Waals surface area contributed by atoms with Crippen LogP contribution in [-0.4, -0.2) is 59.3 Å². The van der Waals surface area contributed by atoms with Crippen molar-refractivity contribution < 1.29 is 5.11 Å². The van der Waals surface area contributed by atoms with Crippen LogP contribution in [0, 0.1) is 0 Å². The fourth-order valence-electron chi connectivity index (χ4n) is 2.11. The summed E-state index contributed by atoms with van der Waals surface area (Å²) in [5.74, 6) is 1.70. The summed E-state index contributed by atoms with van der Waals surface area (Å²) in [4.78, 5) is 13.2. The number of aryl methyl sites for hydroxylation is 1. The first-order valence-electron chi connectivity index (χ1n) is 6.34. The molecule has 0 aliphatic carbocycles. The van der Waals surface area contributed by atoms with E-state index in [2.05, 4.69) is 19.8 Å². The second-order valence-corrected chi connectivity index (χ2v) is 4.76. The van der Waals surface area contributed by atoms with Crippen LogP contribution in [0.5, 0.6) is 0 Å².